The number of carbonyl (C=O) groups excluding carboxylic acids is 1. The molecule has 3 nitrogen and oxygen atoms in total. The first-order valence-electron chi connectivity index (χ1n) is 5.68. The Bertz CT molecular complexity index is 620. The molecular weight excluding hydrogens is 328 g/mol. The van der Waals surface area contributed by atoms with E-state index >= 15 is 0 Å². The van der Waals surface area contributed by atoms with E-state index in [9.17, 15) is 4.79 Å². The SMILES string of the molecule is Cc1cc(Br)cc(C)c1NC(=O)c1cccc(Cl)n1. The van der Waals surface area contributed by atoms with Crippen LogP contribution in [0, 0.1) is 13.8 Å². The van der Waals surface area contributed by atoms with Crippen molar-refractivity contribution >= 4 is 39.1 Å². The molecule has 0 fully saturated rings. The van der Waals surface area contributed by atoms with E-state index < -0.39 is 0 Å². The summed E-state index contributed by atoms with van der Waals surface area (Å²) in [5.41, 5.74) is 3.08. The highest BCUT2D eigenvalue weighted by Crippen LogP contribution is 2.25. The molecule has 1 heterocycles. The molecule has 0 spiro atoms. The smallest absolute Gasteiger partial charge is 0.274 e. The molecule has 2 rings (SSSR count). The first-order chi connectivity index (χ1) is 8.97. The standard InChI is InChI=1S/C14H12BrClN2O/c1-8-6-10(15)7-9(2)13(8)18-14(19)11-4-3-5-12(16)17-11/h3-7H,1-2H3,(H,18,19). The molecule has 0 aliphatic heterocycles. The van der Waals surface area contributed by atoms with Crippen molar-refractivity contribution in [3.05, 3.63) is 56.8 Å². The highest BCUT2D eigenvalue weighted by atomic mass is 79.9. The molecule has 1 aromatic carbocycles. The average Bonchev–Trinajstić information content (AvgIpc) is 2.33. The lowest BCUT2D eigenvalue weighted by molar-refractivity contribution is 0.102. The quantitative estimate of drug-likeness (QED) is 0.826. The largest absolute Gasteiger partial charge is 0.320 e. The summed E-state index contributed by atoms with van der Waals surface area (Å²) in [7, 11) is 0. The van der Waals surface area contributed by atoms with Gasteiger partial charge in [-0.25, -0.2) is 4.98 Å². The third kappa shape index (κ3) is 3.33. The van der Waals surface area contributed by atoms with E-state index in [0.717, 1.165) is 21.3 Å². The van der Waals surface area contributed by atoms with Crippen molar-refractivity contribution in [1.29, 1.82) is 0 Å². The number of nitrogens with one attached hydrogen (secondary N) is 1. The summed E-state index contributed by atoms with van der Waals surface area (Å²) < 4.78 is 0.987. The summed E-state index contributed by atoms with van der Waals surface area (Å²) in [5.74, 6) is -0.268. The molecule has 98 valence electrons. The Morgan fingerprint density at radius 1 is 1.26 bits per heavy atom. The number of aryl methyl sites for hydroxylation is 2. The Morgan fingerprint density at radius 3 is 2.47 bits per heavy atom. The highest BCUT2D eigenvalue weighted by molar-refractivity contribution is 9.10. The van der Waals surface area contributed by atoms with E-state index in [4.69, 9.17) is 11.6 Å². The fourth-order valence-corrected chi connectivity index (χ4v) is 2.67. The molecule has 0 saturated heterocycles. The van der Waals surface area contributed by atoms with Gasteiger partial charge in [-0.15, -0.1) is 0 Å². The van der Waals surface area contributed by atoms with E-state index in [2.05, 4.69) is 26.2 Å². The minimum atomic E-state index is -0.268. The fraction of sp³-hybridized carbons (Fsp3) is 0.143. The lowest BCUT2D eigenvalue weighted by atomic mass is 10.1. The second kappa shape index (κ2) is 5.72. The number of carbonyl (C=O) groups is 1. The van der Waals surface area contributed by atoms with Crippen molar-refractivity contribution in [2.24, 2.45) is 0 Å². The lowest BCUT2D eigenvalue weighted by Crippen LogP contribution is -2.15. The Morgan fingerprint density at radius 2 is 1.89 bits per heavy atom. The number of halogens is 2. The van der Waals surface area contributed by atoms with Gasteiger partial charge in [-0.2, -0.15) is 0 Å². The van der Waals surface area contributed by atoms with E-state index in [0.29, 0.717) is 10.8 Å². The van der Waals surface area contributed by atoms with Gasteiger partial charge >= 0.3 is 0 Å². The van der Waals surface area contributed by atoms with E-state index in [-0.39, 0.29) is 5.91 Å². The molecule has 0 radical (unpaired) electrons. The average molecular weight is 340 g/mol. The molecule has 1 aromatic heterocycles. The molecule has 0 aliphatic rings. The number of aromatic nitrogens is 1. The van der Waals surface area contributed by atoms with Crippen LogP contribution < -0.4 is 5.32 Å². The van der Waals surface area contributed by atoms with Crippen LogP contribution in [0.15, 0.2) is 34.8 Å². The lowest BCUT2D eigenvalue weighted by Gasteiger charge is -2.12. The number of anilines is 1. The van der Waals surface area contributed by atoms with E-state index in [1.807, 2.05) is 26.0 Å². The Hall–Kier alpha value is -1.39. The zero-order valence-corrected chi connectivity index (χ0v) is 12.8. The van der Waals surface area contributed by atoms with Crippen LogP contribution in [0.1, 0.15) is 21.6 Å². The van der Waals surface area contributed by atoms with Gasteiger partial charge in [0.2, 0.25) is 0 Å². The molecule has 0 unspecified atom stereocenters. The van der Waals surface area contributed by atoms with Crippen LogP contribution in [-0.4, -0.2) is 10.9 Å². The maximum atomic E-state index is 12.1. The maximum Gasteiger partial charge on any atom is 0.274 e. The highest BCUT2D eigenvalue weighted by Gasteiger charge is 2.11. The van der Waals surface area contributed by atoms with Crippen LogP contribution >= 0.6 is 27.5 Å². The van der Waals surface area contributed by atoms with Gasteiger partial charge in [0.1, 0.15) is 10.8 Å². The summed E-state index contributed by atoms with van der Waals surface area (Å²) in [6.45, 7) is 3.89. The zero-order chi connectivity index (χ0) is 14.0. The van der Waals surface area contributed by atoms with Crippen LogP contribution in [0.4, 0.5) is 5.69 Å². The second-order valence-electron chi connectivity index (χ2n) is 4.21. The first-order valence-corrected chi connectivity index (χ1v) is 6.85. The number of hydrogen-bond acceptors (Lipinski definition) is 2. The zero-order valence-electron chi connectivity index (χ0n) is 10.5. The van der Waals surface area contributed by atoms with E-state index in [1.165, 1.54) is 0 Å². The van der Waals surface area contributed by atoms with Gasteiger partial charge in [-0.1, -0.05) is 33.6 Å². The van der Waals surface area contributed by atoms with Crippen molar-refractivity contribution in [2.45, 2.75) is 13.8 Å². The first kappa shape index (κ1) is 14.0. The molecule has 1 N–H and O–H groups in total. The Kier molecular flexibility index (Phi) is 4.22. The van der Waals surface area contributed by atoms with Crippen molar-refractivity contribution in [3.63, 3.8) is 0 Å². The fourth-order valence-electron chi connectivity index (χ4n) is 1.82. The third-order valence-electron chi connectivity index (χ3n) is 2.68. The number of nitrogens with zero attached hydrogens (tertiary/aromatic N) is 1. The monoisotopic (exact) mass is 338 g/mol. The van der Waals surface area contributed by atoms with Gasteiger partial charge in [0, 0.05) is 10.2 Å². The van der Waals surface area contributed by atoms with Crippen LogP contribution in [0.2, 0.25) is 5.15 Å². The Balaban J connectivity index is 2.29. The number of amides is 1. The van der Waals surface area contributed by atoms with Crippen LogP contribution in [0.5, 0.6) is 0 Å². The molecule has 19 heavy (non-hydrogen) atoms. The summed E-state index contributed by atoms with van der Waals surface area (Å²) in [6.07, 6.45) is 0. The molecule has 2 aromatic rings. The van der Waals surface area contributed by atoms with Crippen molar-refractivity contribution < 1.29 is 4.79 Å². The summed E-state index contributed by atoms with van der Waals surface area (Å²) in [5, 5.41) is 3.17. The van der Waals surface area contributed by atoms with Crippen LogP contribution in [-0.2, 0) is 0 Å². The molecule has 1 amide bonds. The van der Waals surface area contributed by atoms with Gasteiger partial charge < -0.3 is 5.32 Å². The van der Waals surface area contributed by atoms with Crippen molar-refractivity contribution in [1.82, 2.24) is 4.98 Å². The minimum absolute atomic E-state index is 0.268. The third-order valence-corrected chi connectivity index (χ3v) is 3.35. The van der Waals surface area contributed by atoms with Gasteiger partial charge in [-0.3, -0.25) is 4.79 Å². The number of rotatable bonds is 2. The van der Waals surface area contributed by atoms with Gasteiger partial charge in [0.15, 0.2) is 0 Å². The molecule has 0 aliphatic carbocycles. The molecule has 0 saturated carbocycles. The van der Waals surface area contributed by atoms with Crippen molar-refractivity contribution in [3.8, 4) is 0 Å². The molecular formula is C14H12BrClN2O. The normalized spacial score (nSPS) is 10.3. The second-order valence-corrected chi connectivity index (χ2v) is 5.52. The number of hydrogen-bond donors (Lipinski definition) is 1. The summed E-state index contributed by atoms with van der Waals surface area (Å²) in [4.78, 5) is 16.1. The number of benzene rings is 1. The van der Waals surface area contributed by atoms with Gasteiger partial charge in [-0.05, 0) is 49.2 Å². The Labute approximate surface area is 125 Å². The van der Waals surface area contributed by atoms with Gasteiger partial charge in [0.05, 0.1) is 0 Å². The van der Waals surface area contributed by atoms with E-state index in [1.54, 1.807) is 18.2 Å². The predicted molar refractivity (Wildman–Crippen MR) is 80.8 cm³/mol. The molecule has 0 atom stereocenters. The molecule has 0 bridgehead atoms. The molecule has 5 heteroatoms. The van der Waals surface area contributed by atoms with Crippen molar-refractivity contribution in [2.75, 3.05) is 5.32 Å². The van der Waals surface area contributed by atoms with Crippen LogP contribution in [0.3, 0.4) is 0 Å². The number of pyridine rings is 1. The summed E-state index contributed by atoms with van der Waals surface area (Å²) in [6, 6.07) is 8.87. The van der Waals surface area contributed by atoms with Crippen LogP contribution in [0.25, 0.3) is 0 Å². The summed E-state index contributed by atoms with van der Waals surface area (Å²) >= 11 is 9.20. The maximum absolute atomic E-state index is 12.1. The minimum Gasteiger partial charge on any atom is -0.320 e. The topological polar surface area (TPSA) is 42.0 Å². The predicted octanol–water partition coefficient (Wildman–Crippen LogP) is 4.37. The van der Waals surface area contributed by atoms with Gasteiger partial charge in [0.25, 0.3) is 5.91 Å².